The molecule has 0 aliphatic heterocycles. The first-order chi connectivity index (χ1) is 8.10. The highest BCUT2D eigenvalue weighted by Gasteiger charge is 2.27. The summed E-state index contributed by atoms with van der Waals surface area (Å²) in [6, 6.07) is 5.61. The number of hydrogen-bond donors (Lipinski definition) is 1. The number of aliphatic hydroxyl groups excluding tert-OH is 1. The second-order valence-electron chi connectivity index (χ2n) is 3.17. The Morgan fingerprint density at radius 2 is 2.12 bits per heavy atom. The largest absolute Gasteiger partial charge is 0.469 e. The molecule has 1 aromatic rings. The quantitative estimate of drug-likeness (QED) is 0.297. The van der Waals surface area contributed by atoms with Crippen LogP contribution in [0, 0.1) is 3.57 Å². The third-order valence-electron chi connectivity index (χ3n) is 2.13. The first-order valence-corrected chi connectivity index (χ1v) is 5.73. The van der Waals surface area contributed by atoms with E-state index in [1.807, 2.05) is 0 Å². The fourth-order valence-electron chi connectivity index (χ4n) is 1.26. The number of aliphatic hydroxyl groups is 1. The van der Waals surface area contributed by atoms with Crippen LogP contribution in [0.5, 0.6) is 0 Å². The molecule has 1 N–H and O–H groups in total. The molecule has 0 aromatic heterocycles. The molecule has 0 heterocycles. The zero-order chi connectivity index (χ0) is 12.8. The lowest BCUT2D eigenvalue weighted by atomic mass is 10.0. The molecule has 0 radical (unpaired) electrons. The number of ether oxygens (including phenoxy) is 1. The summed E-state index contributed by atoms with van der Waals surface area (Å²) in [4.78, 5) is 13.9. The Labute approximate surface area is 111 Å². The molecule has 1 aromatic carbocycles. The number of azide groups is 1. The first kappa shape index (κ1) is 13.8. The van der Waals surface area contributed by atoms with E-state index >= 15 is 0 Å². The minimum atomic E-state index is -1.27. The van der Waals surface area contributed by atoms with Gasteiger partial charge in [0.15, 0.2) is 6.04 Å². The Kier molecular flexibility index (Phi) is 5.20. The molecular weight excluding hydrogens is 337 g/mol. The zero-order valence-corrected chi connectivity index (χ0v) is 11.1. The highest BCUT2D eigenvalue weighted by Crippen LogP contribution is 2.21. The maximum Gasteiger partial charge on any atom is 0.317 e. The van der Waals surface area contributed by atoms with Gasteiger partial charge in [-0.15, -0.1) is 0 Å². The minimum absolute atomic E-state index is 0.494. The molecule has 0 aliphatic rings. The van der Waals surface area contributed by atoms with Crippen molar-refractivity contribution in [2.45, 2.75) is 12.1 Å². The predicted molar refractivity (Wildman–Crippen MR) is 69.1 cm³/mol. The second kappa shape index (κ2) is 6.43. The van der Waals surface area contributed by atoms with Crippen molar-refractivity contribution in [2.75, 3.05) is 7.11 Å². The van der Waals surface area contributed by atoms with Gasteiger partial charge in [0.1, 0.15) is 0 Å². The predicted octanol–water partition coefficient (Wildman–Crippen LogP) is 2.18. The lowest BCUT2D eigenvalue weighted by molar-refractivity contribution is -0.144. The molecule has 0 amide bonds. The molecule has 6 nitrogen and oxygen atoms in total. The van der Waals surface area contributed by atoms with Crippen LogP contribution < -0.4 is 0 Å². The van der Waals surface area contributed by atoms with Gasteiger partial charge in [-0.2, -0.15) is 0 Å². The van der Waals surface area contributed by atoms with Crippen molar-refractivity contribution in [3.63, 3.8) is 0 Å². The first-order valence-electron chi connectivity index (χ1n) is 4.65. The topological polar surface area (TPSA) is 95.3 Å². The number of benzene rings is 1. The number of carbonyl (C=O) groups excluding carboxylic acids is 1. The summed E-state index contributed by atoms with van der Waals surface area (Å²) in [6.45, 7) is 0. The molecule has 0 spiro atoms. The minimum Gasteiger partial charge on any atom is -0.469 e. The monoisotopic (exact) mass is 347 g/mol. The number of esters is 1. The number of halogens is 1. The van der Waals surface area contributed by atoms with E-state index in [4.69, 9.17) is 5.53 Å². The molecule has 90 valence electrons. The van der Waals surface area contributed by atoms with Crippen molar-refractivity contribution in [1.29, 1.82) is 0 Å². The molecule has 1 rings (SSSR count). The van der Waals surface area contributed by atoms with Crippen LogP contribution in [0.1, 0.15) is 11.7 Å². The normalized spacial score (nSPS) is 13.4. The van der Waals surface area contributed by atoms with Crippen LogP contribution in [-0.4, -0.2) is 24.2 Å². The highest BCUT2D eigenvalue weighted by molar-refractivity contribution is 14.1. The fourth-order valence-corrected chi connectivity index (χ4v) is 1.62. The molecule has 0 saturated heterocycles. The van der Waals surface area contributed by atoms with Crippen LogP contribution in [0.4, 0.5) is 0 Å². The molecule has 7 heteroatoms. The van der Waals surface area contributed by atoms with Gasteiger partial charge in [0.2, 0.25) is 0 Å². The van der Waals surface area contributed by atoms with Crippen LogP contribution in [0.2, 0.25) is 0 Å². The van der Waals surface area contributed by atoms with E-state index in [0.29, 0.717) is 5.56 Å². The lowest BCUT2D eigenvalue weighted by Gasteiger charge is -2.16. The summed E-state index contributed by atoms with van der Waals surface area (Å²) in [7, 11) is 1.17. The standard InChI is InChI=1S/C10H10IN3O3/c1-17-10(16)8(13-14-12)9(15)6-2-4-7(11)5-3-6/h2-5,8-9,15H,1H3/t8-,9-/m0/s1. The molecule has 2 atom stereocenters. The SMILES string of the molecule is COC(=O)[C@@H](N=[N+]=[N-])[C@@H](O)c1ccc(I)cc1. The average Bonchev–Trinajstić information content (AvgIpc) is 2.35. The molecule has 0 aliphatic carbocycles. The van der Waals surface area contributed by atoms with Crippen molar-refractivity contribution >= 4 is 28.6 Å². The van der Waals surface area contributed by atoms with Gasteiger partial charge < -0.3 is 9.84 Å². The van der Waals surface area contributed by atoms with Gasteiger partial charge in [-0.1, -0.05) is 17.2 Å². The summed E-state index contributed by atoms with van der Waals surface area (Å²) in [5.74, 6) is -0.770. The Morgan fingerprint density at radius 3 is 2.59 bits per heavy atom. The van der Waals surface area contributed by atoms with Gasteiger partial charge in [-0.05, 0) is 45.8 Å². The summed E-state index contributed by atoms with van der Waals surface area (Å²) in [5.41, 5.74) is 8.85. The Bertz CT molecular complexity index is 443. The van der Waals surface area contributed by atoms with Crippen LogP contribution in [0.25, 0.3) is 10.4 Å². The Hall–Kier alpha value is -1.31. The van der Waals surface area contributed by atoms with Crippen LogP contribution in [0.3, 0.4) is 0 Å². The zero-order valence-electron chi connectivity index (χ0n) is 8.95. The van der Waals surface area contributed by atoms with Gasteiger partial charge in [-0.25, -0.2) is 0 Å². The van der Waals surface area contributed by atoms with E-state index in [-0.39, 0.29) is 0 Å². The third-order valence-corrected chi connectivity index (χ3v) is 2.85. The van der Waals surface area contributed by atoms with Gasteiger partial charge in [0, 0.05) is 8.48 Å². The van der Waals surface area contributed by atoms with Crippen molar-refractivity contribution < 1.29 is 14.6 Å². The van der Waals surface area contributed by atoms with Gasteiger partial charge in [0.25, 0.3) is 0 Å². The summed E-state index contributed by atoms with van der Waals surface area (Å²) >= 11 is 2.12. The number of carbonyl (C=O) groups is 1. The smallest absolute Gasteiger partial charge is 0.317 e. The van der Waals surface area contributed by atoms with Crippen molar-refractivity contribution in [3.8, 4) is 0 Å². The fraction of sp³-hybridized carbons (Fsp3) is 0.300. The van der Waals surface area contributed by atoms with Gasteiger partial charge in [-0.3, -0.25) is 4.79 Å². The maximum absolute atomic E-state index is 11.3. The van der Waals surface area contributed by atoms with E-state index in [0.717, 1.165) is 3.57 Å². The van der Waals surface area contributed by atoms with Crippen LogP contribution in [0.15, 0.2) is 29.4 Å². The summed E-state index contributed by atoms with van der Waals surface area (Å²) in [6.07, 6.45) is -1.21. The third kappa shape index (κ3) is 3.58. The van der Waals surface area contributed by atoms with E-state index in [9.17, 15) is 9.90 Å². The summed E-state index contributed by atoms with van der Waals surface area (Å²) in [5, 5.41) is 13.2. The second-order valence-corrected chi connectivity index (χ2v) is 4.41. The van der Waals surface area contributed by atoms with Crippen LogP contribution >= 0.6 is 22.6 Å². The number of methoxy groups -OCH3 is 1. The number of hydrogen-bond acceptors (Lipinski definition) is 4. The van der Waals surface area contributed by atoms with Gasteiger partial charge >= 0.3 is 5.97 Å². The molecule has 0 fully saturated rings. The van der Waals surface area contributed by atoms with Gasteiger partial charge in [0.05, 0.1) is 13.2 Å². The summed E-state index contributed by atoms with van der Waals surface area (Å²) < 4.78 is 5.46. The van der Waals surface area contributed by atoms with E-state index in [1.54, 1.807) is 24.3 Å². The Balaban J connectivity index is 2.99. The molecule has 17 heavy (non-hydrogen) atoms. The Morgan fingerprint density at radius 1 is 1.53 bits per heavy atom. The van der Waals surface area contributed by atoms with E-state index in [1.165, 1.54) is 7.11 Å². The molecule has 0 saturated carbocycles. The molecule has 0 bridgehead atoms. The van der Waals surface area contributed by atoms with Crippen molar-refractivity contribution in [1.82, 2.24) is 0 Å². The van der Waals surface area contributed by atoms with E-state index in [2.05, 4.69) is 37.4 Å². The molecule has 0 unspecified atom stereocenters. The van der Waals surface area contributed by atoms with Crippen LogP contribution in [-0.2, 0) is 9.53 Å². The number of nitrogens with zero attached hydrogens (tertiary/aromatic N) is 3. The van der Waals surface area contributed by atoms with Crippen molar-refractivity contribution in [2.24, 2.45) is 5.11 Å². The highest BCUT2D eigenvalue weighted by atomic mass is 127. The van der Waals surface area contributed by atoms with Crippen molar-refractivity contribution in [3.05, 3.63) is 43.8 Å². The molecular formula is C10H10IN3O3. The maximum atomic E-state index is 11.3. The average molecular weight is 347 g/mol. The van der Waals surface area contributed by atoms with E-state index < -0.39 is 18.1 Å². The number of rotatable bonds is 4. The lowest BCUT2D eigenvalue weighted by Crippen LogP contribution is -2.27.